The zero-order valence-electron chi connectivity index (χ0n) is 15.4. The fraction of sp³-hybridized carbons (Fsp3) is 0.0909. The number of nitrogens with zero attached hydrogens (tertiary/aromatic N) is 3. The lowest BCUT2D eigenvalue weighted by Crippen LogP contribution is -2.15. The van der Waals surface area contributed by atoms with Crippen LogP contribution in [0.3, 0.4) is 0 Å². The van der Waals surface area contributed by atoms with Gasteiger partial charge < -0.3 is 9.84 Å². The maximum atomic E-state index is 13.0. The van der Waals surface area contributed by atoms with Crippen molar-refractivity contribution in [3.05, 3.63) is 95.9 Å². The van der Waals surface area contributed by atoms with Crippen molar-refractivity contribution < 1.29 is 13.7 Å². The van der Waals surface area contributed by atoms with Gasteiger partial charge in [0.15, 0.2) is 0 Å². The van der Waals surface area contributed by atoms with Crippen molar-refractivity contribution >= 4 is 11.6 Å². The van der Waals surface area contributed by atoms with Gasteiger partial charge in [-0.05, 0) is 41.5 Å². The number of hydrogen-bond acceptors (Lipinski definition) is 5. The van der Waals surface area contributed by atoms with E-state index in [-0.39, 0.29) is 18.1 Å². The Kier molecular flexibility index (Phi) is 5.38. The van der Waals surface area contributed by atoms with Crippen molar-refractivity contribution in [3.8, 4) is 11.4 Å². The molecule has 0 unspecified atom stereocenters. The number of amides is 1. The van der Waals surface area contributed by atoms with Crippen molar-refractivity contribution in [2.45, 2.75) is 12.8 Å². The third-order valence-corrected chi connectivity index (χ3v) is 4.30. The summed E-state index contributed by atoms with van der Waals surface area (Å²) in [6, 6.07) is 17.0. The summed E-state index contributed by atoms with van der Waals surface area (Å²) in [6.07, 6.45) is 3.87. The molecule has 144 valence electrons. The summed E-state index contributed by atoms with van der Waals surface area (Å²) in [5.41, 5.74) is 3.02. The lowest BCUT2D eigenvalue weighted by atomic mass is 10.1. The highest BCUT2D eigenvalue weighted by Gasteiger charge is 2.13. The molecule has 4 rings (SSSR count). The van der Waals surface area contributed by atoms with Gasteiger partial charge in [-0.15, -0.1) is 0 Å². The smallest absolute Gasteiger partial charge is 0.231 e. The topological polar surface area (TPSA) is 80.9 Å². The third kappa shape index (κ3) is 4.70. The number of benzene rings is 2. The van der Waals surface area contributed by atoms with Gasteiger partial charge in [0.1, 0.15) is 5.82 Å². The van der Waals surface area contributed by atoms with Gasteiger partial charge in [-0.25, -0.2) is 4.39 Å². The fourth-order valence-electron chi connectivity index (χ4n) is 2.88. The number of para-hydroxylation sites is 1. The number of halogens is 1. The van der Waals surface area contributed by atoms with Gasteiger partial charge in [-0.1, -0.05) is 35.5 Å². The first-order valence-corrected chi connectivity index (χ1v) is 9.02. The maximum Gasteiger partial charge on any atom is 0.231 e. The van der Waals surface area contributed by atoms with Crippen molar-refractivity contribution in [2.24, 2.45) is 0 Å². The Balaban J connectivity index is 1.46. The highest BCUT2D eigenvalue weighted by molar-refractivity contribution is 5.93. The minimum absolute atomic E-state index is 0.153. The number of anilines is 1. The second-order valence-electron chi connectivity index (χ2n) is 6.44. The molecule has 7 heteroatoms. The Bertz CT molecular complexity index is 1110. The van der Waals surface area contributed by atoms with Gasteiger partial charge in [0.05, 0.1) is 12.8 Å². The highest BCUT2D eigenvalue weighted by atomic mass is 19.1. The molecule has 0 saturated heterocycles. The second-order valence-corrected chi connectivity index (χ2v) is 6.44. The molecule has 0 bridgehead atoms. The Morgan fingerprint density at radius 2 is 1.86 bits per heavy atom. The molecule has 2 aromatic carbocycles. The molecule has 1 amide bonds. The van der Waals surface area contributed by atoms with Crippen LogP contribution in [0, 0.1) is 5.82 Å². The predicted molar refractivity (Wildman–Crippen MR) is 106 cm³/mol. The molecule has 0 aliphatic heterocycles. The summed E-state index contributed by atoms with van der Waals surface area (Å²) in [7, 11) is 0. The summed E-state index contributed by atoms with van der Waals surface area (Å²) >= 11 is 0. The standard InChI is InChI=1S/C22H17FN4O2/c23-18-9-7-15(8-10-18)12-20(28)25-19-6-2-1-4-16(19)13-21-26-22(27-29-21)17-5-3-11-24-14-17/h1-11,14H,12-13H2,(H,25,28). The Morgan fingerprint density at radius 1 is 1.03 bits per heavy atom. The number of aromatic nitrogens is 3. The first-order valence-electron chi connectivity index (χ1n) is 9.02. The van der Waals surface area contributed by atoms with E-state index in [0.29, 0.717) is 23.8 Å². The number of carbonyl (C=O) groups is 1. The molecular weight excluding hydrogens is 371 g/mol. The van der Waals surface area contributed by atoms with Crippen molar-refractivity contribution in [3.63, 3.8) is 0 Å². The van der Waals surface area contributed by atoms with E-state index in [1.165, 1.54) is 12.1 Å². The van der Waals surface area contributed by atoms with E-state index >= 15 is 0 Å². The van der Waals surface area contributed by atoms with Crippen molar-refractivity contribution in [1.82, 2.24) is 15.1 Å². The lowest BCUT2D eigenvalue weighted by Gasteiger charge is -2.10. The van der Waals surface area contributed by atoms with E-state index in [0.717, 1.165) is 16.7 Å². The van der Waals surface area contributed by atoms with E-state index in [4.69, 9.17) is 4.52 Å². The van der Waals surface area contributed by atoms with Gasteiger partial charge in [-0.3, -0.25) is 9.78 Å². The normalized spacial score (nSPS) is 10.7. The Labute approximate surface area is 166 Å². The molecule has 1 N–H and O–H groups in total. The van der Waals surface area contributed by atoms with E-state index in [1.54, 1.807) is 30.6 Å². The maximum absolute atomic E-state index is 13.0. The predicted octanol–water partition coefficient (Wildman–Crippen LogP) is 4.04. The van der Waals surface area contributed by atoms with E-state index in [2.05, 4.69) is 20.4 Å². The van der Waals surface area contributed by atoms with Crippen LogP contribution in [0.25, 0.3) is 11.4 Å². The number of hydrogen-bond donors (Lipinski definition) is 1. The molecule has 0 fully saturated rings. The molecule has 2 aromatic heterocycles. The number of carbonyl (C=O) groups excluding carboxylic acids is 1. The van der Waals surface area contributed by atoms with Gasteiger partial charge in [0.2, 0.25) is 17.6 Å². The van der Waals surface area contributed by atoms with Gasteiger partial charge in [0.25, 0.3) is 0 Å². The fourth-order valence-corrected chi connectivity index (χ4v) is 2.88. The Morgan fingerprint density at radius 3 is 2.66 bits per heavy atom. The lowest BCUT2D eigenvalue weighted by molar-refractivity contribution is -0.115. The molecule has 2 heterocycles. The Hall–Kier alpha value is -3.87. The highest BCUT2D eigenvalue weighted by Crippen LogP contribution is 2.21. The summed E-state index contributed by atoms with van der Waals surface area (Å²) in [5.74, 6) is 0.380. The number of rotatable bonds is 6. The van der Waals surface area contributed by atoms with Crippen LogP contribution in [0.4, 0.5) is 10.1 Å². The molecule has 0 aliphatic rings. The van der Waals surface area contributed by atoms with Crippen LogP contribution in [-0.2, 0) is 17.6 Å². The van der Waals surface area contributed by atoms with E-state index < -0.39 is 0 Å². The quantitative estimate of drug-likeness (QED) is 0.539. The average Bonchev–Trinajstić information content (AvgIpc) is 3.20. The van der Waals surface area contributed by atoms with Gasteiger partial charge in [0, 0.05) is 23.6 Å². The first kappa shape index (κ1) is 18.5. The molecule has 29 heavy (non-hydrogen) atoms. The van der Waals surface area contributed by atoms with Crippen LogP contribution in [-0.4, -0.2) is 21.0 Å². The van der Waals surface area contributed by atoms with Crippen LogP contribution in [0.5, 0.6) is 0 Å². The summed E-state index contributed by atoms with van der Waals surface area (Å²) in [6.45, 7) is 0. The second kappa shape index (κ2) is 8.43. The molecule has 6 nitrogen and oxygen atoms in total. The molecule has 0 radical (unpaired) electrons. The molecule has 0 atom stereocenters. The van der Waals surface area contributed by atoms with Gasteiger partial charge >= 0.3 is 0 Å². The number of nitrogens with one attached hydrogen (secondary N) is 1. The zero-order valence-corrected chi connectivity index (χ0v) is 15.4. The SMILES string of the molecule is O=C(Cc1ccc(F)cc1)Nc1ccccc1Cc1nc(-c2cccnc2)no1. The monoisotopic (exact) mass is 388 g/mol. The minimum atomic E-state index is -0.329. The van der Waals surface area contributed by atoms with Crippen LogP contribution in [0.2, 0.25) is 0 Å². The molecule has 0 spiro atoms. The van der Waals surface area contributed by atoms with Crippen LogP contribution >= 0.6 is 0 Å². The first-order chi connectivity index (χ1) is 14.2. The van der Waals surface area contributed by atoms with Crippen LogP contribution in [0.1, 0.15) is 17.0 Å². The third-order valence-electron chi connectivity index (χ3n) is 4.30. The van der Waals surface area contributed by atoms with E-state index in [9.17, 15) is 9.18 Å². The van der Waals surface area contributed by atoms with Gasteiger partial charge in [-0.2, -0.15) is 4.98 Å². The summed E-state index contributed by atoms with van der Waals surface area (Å²) < 4.78 is 18.4. The summed E-state index contributed by atoms with van der Waals surface area (Å²) in [4.78, 5) is 20.9. The van der Waals surface area contributed by atoms with Crippen LogP contribution in [0.15, 0.2) is 77.6 Å². The van der Waals surface area contributed by atoms with Crippen LogP contribution < -0.4 is 5.32 Å². The van der Waals surface area contributed by atoms with E-state index in [1.807, 2.05) is 30.3 Å². The minimum Gasteiger partial charge on any atom is -0.339 e. The average molecular weight is 388 g/mol. The van der Waals surface area contributed by atoms with Crippen molar-refractivity contribution in [1.29, 1.82) is 0 Å². The summed E-state index contributed by atoms with van der Waals surface area (Å²) in [5, 5.41) is 6.89. The molecule has 0 aliphatic carbocycles. The molecular formula is C22H17FN4O2. The zero-order chi connectivity index (χ0) is 20.1. The number of pyridine rings is 1. The molecule has 0 saturated carbocycles. The van der Waals surface area contributed by atoms with Crippen molar-refractivity contribution in [2.75, 3.05) is 5.32 Å². The molecule has 4 aromatic rings. The largest absolute Gasteiger partial charge is 0.339 e.